The first-order valence-electron chi connectivity index (χ1n) is 17.5. The Kier molecular flexibility index (Phi) is 8.27. The second kappa shape index (κ2) is 12.9. The van der Waals surface area contributed by atoms with Crippen molar-refractivity contribution in [3.05, 3.63) is 95.5 Å². The number of pyridine rings is 1. The molecule has 4 aliphatic heterocycles. The van der Waals surface area contributed by atoms with Crippen molar-refractivity contribution in [1.29, 1.82) is 0 Å². The van der Waals surface area contributed by atoms with Crippen LogP contribution in [-0.4, -0.2) is 93.1 Å². The van der Waals surface area contributed by atoms with Crippen LogP contribution >= 0.6 is 0 Å². The largest absolute Gasteiger partial charge is 0.475 e. The monoisotopic (exact) mass is 656 g/mol. The topological polar surface area (TPSA) is 92.0 Å². The lowest BCUT2D eigenvalue weighted by Gasteiger charge is -2.29. The summed E-state index contributed by atoms with van der Waals surface area (Å²) in [5, 5.41) is 4.40. The summed E-state index contributed by atoms with van der Waals surface area (Å²) in [6.07, 6.45) is 9.06. The third-order valence-electron chi connectivity index (χ3n) is 10.5. The minimum absolute atomic E-state index is 0.0925. The van der Waals surface area contributed by atoms with Crippen LogP contribution in [0.15, 0.2) is 78.2 Å². The first-order chi connectivity index (χ1) is 23.8. The van der Waals surface area contributed by atoms with Crippen LogP contribution in [0.5, 0.6) is 5.88 Å². The summed E-state index contributed by atoms with van der Waals surface area (Å²) < 4.78 is 7.45. The number of ether oxygens (including phenoxy) is 1. The summed E-state index contributed by atoms with van der Waals surface area (Å²) in [5.41, 5.74) is 9.50. The van der Waals surface area contributed by atoms with Crippen molar-refractivity contribution in [2.45, 2.75) is 45.8 Å². The van der Waals surface area contributed by atoms with E-state index in [1.807, 2.05) is 38.1 Å². The molecule has 4 aliphatic rings. The Morgan fingerprint density at radius 1 is 0.939 bits per heavy atom. The third kappa shape index (κ3) is 6.49. The number of nitrogens with zero attached hydrogens (tertiary/aromatic N) is 8. The number of hydrogen-bond donors (Lipinski definition) is 0. The molecule has 2 aromatic carbocycles. The number of hydrogen-bond acceptors (Lipinski definition) is 8. The summed E-state index contributed by atoms with van der Waals surface area (Å²) in [4.78, 5) is 34.1. The molecule has 6 heterocycles. The van der Waals surface area contributed by atoms with Crippen LogP contribution in [0.4, 0.5) is 5.69 Å². The number of amides is 1. The van der Waals surface area contributed by atoms with Gasteiger partial charge in [0.2, 0.25) is 11.8 Å². The van der Waals surface area contributed by atoms with Gasteiger partial charge in [0.1, 0.15) is 6.33 Å². The molecule has 8 rings (SSSR count). The van der Waals surface area contributed by atoms with Crippen molar-refractivity contribution in [3.8, 4) is 17.3 Å². The maximum atomic E-state index is 13.4. The highest BCUT2D eigenvalue weighted by Gasteiger charge is 2.44. The minimum Gasteiger partial charge on any atom is -0.475 e. The Morgan fingerprint density at radius 3 is 2.49 bits per heavy atom. The van der Waals surface area contributed by atoms with Gasteiger partial charge in [-0.2, -0.15) is 5.10 Å². The number of likely N-dealkylation sites (tertiary alicyclic amines) is 1. The molecular formula is C39H44N8O2. The van der Waals surface area contributed by atoms with E-state index in [9.17, 15) is 4.79 Å². The molecule has 10 heteroatoms. The average Bonchev–Trinajstić information content (AvgIpc) is 3.92. The van der Waals surface area contributed by atoms with Crippen LogP contribution < -0.4 is 9.64 Å². The molecule has 0 bridgehead atoms. The normalized spacial score (nSPS) is 20.7. The van der Waals surface area contributed by atoms with E-state index in [-0.39, 0.29) is 17.4 Å². The number of aryl methyl sites for hydroxylation is 1. The molecule has 4 aromatic rings. The van der Waals surface area contributed by atoms with Crippen molar-refractivity contribution in [2.24, 2.45) is 17.5 Å². The second-order valence-corrected chi connectivity index (χ2v) is 14.3. The van der Waals surface area contributed by atoms with E-state index < -0.39 is 0 Å². The molecule has 1 atom stereocenters. The van der Waals surface area contributed by atoms with Gasteiger partial charge in [-0.05, 0) is 74.6 Å². The number of carbonyl (C=O) groups excluding carboxylic acids is 1. The molecular weight excluding hydrogens is 612 g/mol. The Hall–Kier alpha value is -4.83. The lowest BCUT2D eigenvalue weighted by molar-refractivity contribution is -0.131. The SMILES string of the molecule is CC(C)Oc1ccc(C2=NCc3ccc(N4CCC5(CCN(CC(=O)N6CC=C(c7ccc(-c8ncn(C)n8)cc7)CC6)C5)C4)cc32)cn1. The highest BCUT2D eigenvalue weighted by atomic mass is 16.5. The van der Waals surface area contributed by atoms with Gasteiger partial charge in [0.25, 0.3) is 0 Å². The second-order valence-electron chi connectivity index (χ2n) is 14.3. The first kappa shape index (κ1) is 31.4. The Morgan fingerprint density at radius 2 is 1.76 bits per heavy atom. The lowest BCUT2D eigenvalue weighted by Crippen LogP contribution is -2.42. The highest BCUT2D eigenvalue weighted by molar-refractivity contribution is 6.15. The molecule has 1 amide bonds. The van der Waals surface area contributed by atoms with Gasteiger partial charge in [0, 0.05) is 79.8 Å². The molecule has 0 N–H and O–H groups in total. The summed E-state index contributed by atoms with van der Waals surface area (Å²) >= 11 is 0. The standard InChI is InChI=1S/C39H44N8O2/c1-27(2)49-35-11-9-32(22-40-35)37-34-20-33(10-8-31(34)21-41-37)47-19-15-39(25-47)14-18-45(24-39)23-36(48)46-16-12-29(13-17-46)28-4-6-30(7-5-28)38-42-26-44(3)43-38/h4-12,20,22,26-27H,13-19,21,23-25H2,1-3H3. The zero-order valence-electron chi connectivity index (χ0n) is 28.7. The van der Waals surface area contributed by atoms with Crippen LogP contribution in [0.1, 0.15) is 55.4 Å². The molecule has 49 heavy (non-hydrogen) atoms. The molecule has 1 unspecified atom stereocenters. The summed E-state index contributed by atoms with van der Waals surface area (Å²) in [6, 6.07) is 19.2. The van der Waals surface area contributed by atoms with Crippen molar-refractivity contribution >= 4 is 22.9 Å². The molecule has 2 aromatic heterocycles. The average molecular weight is 657 g/mol. The van der Waals surface area contributed by atoms with Crippen LogP contribution in [0.25, 0.3) is 17.0 Å². The molecule has 252 valence electrons. The van der Waals surface area contributed by atoms with Crippen molar-refractivity contribution in [3.63, 3.8) is 0 Å². The maximum absolute atomic E-state index is 13.4. The van der Waals surface area contributed by atoms with Crippen molar-refractivity contribution in [2.75, 3.05) is 50.7 Å². The van der Waals surface area contributed by atoms with E-state index in [0.717, 1.165) is 74.6 Å². The van der Waals surface area contributed by atoms with E-state index in [1.165, 1.54) is 28.0 Å². The van der Waals surface area contributed by atoms with Crippen molar-refractivity contribution in [1.82, 2.24) is 29.5 Å². The van der Waals surface area contributed by atoms with E-state index in [4.69, 9.17) is 9.73 Å². The molecule has 0 aliphatic carbocycles. The Balaban J connectivity index is 0.855. The third-order valence-corrected chi connectivity index (χ3v) is 10.5. The Bertz CT molecular complexity index is 1910. The number of carbonyl (C=O) groups is 1. The van der Waals surface area contributed by atoms with Gasteiger partial charge in [-0.25, -0.2) is 9.97 Å². The van der Waals surface area contributed by atoms with E-state index in [0.29, 0.717) is 25.5 Å². The fourth-order valence-corrected chi connectivity index (χ4v) is 7.85. The number of benzene rings is 2. The predicted molar refractivity (Wildman–Crippen MR) is 192 cm³/mol. The first-order valence-corrected chi connectivity index (χ1v) is 17.5. The van der Waals surface area contributed by atoms with E-state index in [2.05, 4.69) is 79.5 Å². The molecule has 1 spiro atoms. The number of rotatable bonds is 8. The fourth-order valence-electron chi connectivity index (χ4n) is 7.85. The fraction of sp³-hybridized carbons (Fsp3) is 0.410. The van der Waals surface area contributed by atoms with Crippen LogP contribution in [-0.2, 0) is 18.4 Å². The van der Waals surface area contributed by atoms with Gasteiger partial charge < -0.3 is 14.5 Å². The van der Waals surface area contributed by atoms with Crippen molar-refractivity contribution < 1.29 is 9.53 Å². The predicted octanol–water partition coefficient (Wildman–Crippen LogP) is 5.23. The lowest BCUT2D eigenvalue weighted by atomic mass is 9.86. The van der Waals surface area contributed by atoms with E-state index >= 15 is 0 Å². The zero-order chi connectivity index (χ0) is 33.5. The van der Waals surface area contributed by atoms with Crippen LogP contribution in [0, 0.1) is 5.41 Å². The van der Waals surface area contributed by atoms with Gasteiger partial charge in [-0.3, -0.25) is 19.4 Å². The Labute approximate surface area is 288 Å². The summed E-state index contributed by atoms with van der Waals surface area (Å²) in [5.74, 6) is 1.61. The number of anilines is 1. The minimum atomic E-state index is 0.0925. The van der Waals surface area contributed by atoms with Gasteiger partial charge in [0.15, 0.2) is 5.82 Å². The van der Waals surface area contributed by atoms with Gasteiger partial charge in [-0.1, -0.05) is 36.4 Å². The molecule has 2 saturated heterocycles. The summed E-state index contributed by atoms with van der Waals surface area (Å²) in [7, 11) is 1.88. The molecule has 2 fully saturated rings. The van der Waals surface area contributed by atoms with E-state index in [1.54, 1.807) is 11.0 Å². The smallest absolute Gasteiger partial charge is 0.237 e. The van der Waals surface area contributed by atoms with Gasteiger partial charge in [-0.15, -0.1) is 0 Å². The van der Waals surface area contributed by atoms with Crippen LogP contribution in [0.2, 0.25) is 0 Å². The number of fused-ring (bicyclic) bond motifs is 1. The highest BCUT2D eigenvalue weighted by Crippen LogP contribution is 2.42. The maximum Gasteiger partial charge on any atom is 0.237 e. The number of aliphatic imine (C=N–C) groups is 1. The summed E-state index contributed by atoms with van der Waals surface area (Å²) in [6.45, 7) is 10.7. The zero-order valence-corrected chi connectivity index (χ0v) is 28.7. The molecule has 10 nitrogen and oxygen atoms in total. The molecule has 0 saturated carbocycles. The van der Waals surface area contributed by atoms with Gasteiger partial charge >= 0.3 is 0 Å². The van der Waals surface area contributed by atoms with Crippen LogP contribution in [0.3, 0.4) is 0 Å². The number of aromatic nitrogens is 4. The quantitative estimate of drug-likeness (QED) is 0.257. The molecule has 0 radical (unpaired) electrons. The van der Waals surface area contributed by atoms with Gasteiger partial charge in [0.05, 0.1) is 24.9 Å².